The van der Waals surface area contributed by atoms with E-state index >= 15 is 0 Å². The van der Waals surface area contributed by atoms with Crippen LogP contribution in [-0.4, -0.2) is 33.8 Å². The van der Waals surface area contributed by atoms with Crippen LogP contribution in [0.4, 0.5) is 0 Å². The highest BCUT2D eigenvalue weighted by Crippen LogP contribution is 2.24. The van der Waals surface area contributed by atoms with Crippen LogP contribution < -0.4 is 5.73 Å². The summed E-state index contributed by atoms with van der Waals surface area (Å²) in [6, 6.07) is 0.540. The molecule has 0 radical (unpaired) electrons. The molecule has 2 rings (SSSR count). The van der Waals surface area contributed by atoms with Crippen molar-refractivity contribution in [3.05, 3.63) is 17.5 Å². The van der Waals surface area contributed by atoms with Gasteiger partial charge in [0, 0.05) is 37.9 Å². The predicted octanol–water partition coefficient (Wildman–Crippen LogP) is 1.71. The SMILES string of the molecule is Cc1nn(C)cc1CN1CCC(C)CC1CN.Cl. The van der Waals surface area contributed by atoms with Gasteiger partial charge in [-0.15, -0.1) is 12.4 Å². The largest absolute Gasteiger partial charge is 0.329 e. The highest BCUT2D eigenvalue weighted by atomic mass is 35.5. The fraction of sp³-hybridized carbons (Fsp3) is 0.769. The lowest BCUT2D eigenvalue weighted by molar-refractivity contribution is 0.115. The summed E-state index contributed by atoms with van der Waals surface area (Å²) in [6.07, 6.45) is 4.65. The number of hydrogen-bond acceptors (Lipinski definition) is 3. The first-order chi connectivity index (χ1) is 8.10. The highest BCUT2D eigenvalue weighted by Gasteiger charge is 2.25. The third kappa shape index (κ3) is 3.46. The molecule has 2 N–H and O–H groups in total. The first kappa shape index (κ1) is 15.5. The van der Waals surface area contributed by atoms with E-state index in [1.165, 1.54) is 18.4 Å². The number of nitrogens with zero attached hydrogens (tertiary/aromatic N) is 3. The van der Waals surface area contributed by atoms with Gasteiger partial charge in [0.05, 0.1) is 5.69 Å². The van der Waals surface area contributed by atoms with Crippen molar-refractivity contribution in [1.82, 2.24) is 14.7 Å². The van der Waals surface area contributed by atoms with E-state index in [0.717, 1.165) is 31.2 Å². The Kier molecular flexibility index (Phi) is 5.63. The van der Waals surface area contributed by atoms with Gasteiger partial charge in [0.2, 0.25) is 0 Å². The summed E-state index contributed by atoms with van der Waals surface area (Å²) in [7, 11) is 1.98. The minimum atomic E-state index is 0. The minimum Gasteiger partial charge on any atom is -0.329 e. The lowest BCUT2D eigenvalue weighted by Crippen LogP contribution is -2.45. The molecule has 2 atom stereocenters. The molecule has 4 nitrogen and oxygen atoms in total. The zero-order valence-corrected chi connectivity index (χ0v) is 12.4. The Hall–Kier alpha value is -0.580. The Morgan fingerprint density at radius 2 is 2.22 bits per heavy atom. The molecule has 1 aromatic heterocycles. The van der Waals surface area contributed by atoms with Crippen molar-refractivity contribution >= 4 is 12.4 Å². The second-order valence-corrected chi connectivity index (χ2v) is 5.40. The molecule has 1 fully saturated rings. The Bertz CT molecular complexity index is 377. The van der Waals surface area contributed by atoms with Gasteiger partial charge in [0.1, 0.15) is 0 Å². The molecule has 0 amide bonds. The maximum absolute atomic E-state index is 5.89. The summed E-state index contributed by atoms with van der Waals surface area (Å²) in [4.78, 5) is 2.52. The van der Waals surface area contributed by atoms with Crippen molar-refractivity contribution in [2.75, 3.05) is 13.1 Å². The number of aromatic nitrogens is 2. The quantitative estimate of drug-likeness (QED) is 0.911. The zero-order chi connectivity index (χ0) is 12.4. The average Bonchev–Trinajstić information content (AvgIpc) is 2.60. The number of halogens is 1. The molecule has 2 unspecified atom stereocenters. The number of piperidine rings is 1. The molecule has 104 valence electrons. The van der Waals surface area contributed by atoms with E-state index in [9.17, 15) is 0 Å². The van der Waals surface area contributed by atoms with Crippen molar-refractivity contribution in [3.63, 3.8) is 0 Å². The molecular formula is C13H25ClN4. The molecule has 0 spiro atoms. The second-order valence-electron chi connectivity index (χ2n) is 5.40. The number of hydrogen-bond donors (Lipinski definition) is 1. The van der Waals surface area contributed by atoms with Crippen molar-refractivity contribution in [1.29, 1.82) is 0 Å². The van der Waals surface area contributed by atoms with Crippen molar-refractivity contribution in [3.8, 4) is 0 Å². The lowest BCUT2D eigenvalue weighted by Gasteiger charge is -2.37. The molecule has 0 bridgehead atoms. The van der Waals surface area contributed by atoms with Crippen LogP contribution in [0.15, 0.2) is 6.20 Å². The number of likely N-dealkylation sites (tertiary alicyclic amines) is 1. The van der Waals surface area contributed by atoms with Crippen molar-refractivity contribution < 1.29 is 0 Å². The van der Waals surface area contributed by atoms with Crippen LogP contribution in [0.3, 0.4) is 0 Å². The van der Waals surface area contributed by atoms with Crippen molar-refractivity contribution in [2.45, 2.75) is 39.3 Å². The number of nitrogens with two attached hydrogens (primary N) is 1. The number of rotatable bonds is 3. The smallest absolute Gasteiger partial charge is 0.0638 e. The van der Waals surface area contributed by atoms with Gasteiger partial charge < -0.3 is 5.73 Å². The van der Waals surface area contributed by atoms with E-state index in [2.05, 4.69) is 30.0 Å². The Morgan fingerprint density at radius 3 is 2.78 bits per heavy atom. The monoisotopic (exact) mass is 272 g/mol. The van der Waals surface area contributed by atoms with E-state index in [1.807, 2.05) is 11.7 Å². The van der Waals surface area contributed by atoms with Crippen LogP contribution in [0.2, 0.25) is 0 Å². The van der Waals surface area contributed by atoms with Crippen LogP contribution in [0.5, 0.6) is 0 Å². The summed E-state index contributed by atoms with van der Waals surface area (Å²) in [6.45, 7) is 7.34. The maximum atomic E-state index is 5.89. The Labute approximate surface area is 116 Å². The first-order valence-electron chi connectivity index (χ1n) is 6.53. The van der Waals surface area contributed by atoms with Gasteiger partial charge in [-0.1, -0.05) is 6.92 Å². The van der Waals surface area contributed by atoms with E-state index in [-0.39, 0.29) is 12.4 Å². The van der Waals surface area contributed by atoms with Crippen LogP contribution in [0, 0.1) is 12.8 Å². The van der Waals surface area contributed by atoms with E-state index in [4.69, 9.17) is 5.73 Å². The summed E-state index contributed by atoms with van der Waals surface area (Å²) >= 11 is 0. The fourth-order valence-corrected chi connectivity index (χ4v) is 2.78. The van der Waals surface area contributed by atoms with Gasteiger partial charge in [0.15, 0.2) is 0 Å². The van der Waals surface area contributed by atoms with Gasteiger partial charge in [0.25, 0.3) is 0 Å². The minimum absolute atomic E-state index is 0. The molecule has 0 saturated carbocycles. The standard InChI is InChI=1S/C13H24N4.ClH/c1-10-4-5-17(13(6-10)7-14)9-12-8-16(3)15-11(12)2;/h8,10,13H,4-7,9,14H2,1-3H3;1H. The Balaban J connectivity index is 0.00000162. The van der Waals surface area contributed by atoms with E-state index < -0.39 is 0 Å². The molecular weight excluding hydrogens is 248 g/mol. The third-order valence-electron chi connectivity index (χ3n) is 3.86. The van der Waals surface area contributed by atoms with E-state index in [1.54, 1.807) is 0 Å². The topological polar surface area (TPSA) is 47.1 Å². The summed E-state index contributed by atoms with van der Waals surface area (Å²) < 4.78 is 1.90. The summed E-state index contributed by atoms with van der Waals surface area (Å²) in [5, 5.41) is 4.40. The molecule has 5 heteroatoms. The van der Waals surface area contributed by atoms with Crippen LogP contribution in [0.25, 0.3) is 0 Å². The highest BCUT2D eigenvalue weighted by molar-refractivity contribution is 5.85. The molecule has 1 aliphatic heterocycles. The van der Waals surface area contributed by atoms with Crippen LogP contribution in [-0.2, 0) is 13.6 Å². The molecule has 0 aromatic carbocycles. The van der Waals surface area contributed by atoms with Gasteiger partial charge >= 0.3 is 0 Å². The van der Waals surface area contributed by atoms with Crippen molar-refractivity contribution in [2.24, 2.45) is 18.7 Å². The zero-order valence-electron chi connectivity index (χ0n) is 11.6. The maximum Gasteiger partial charge on any atom is 0.0638 e. The molecule has 0 aliphatic carbocycles. The fourth-order valence-electron chi connectivity index (χ4n) is 2.78. The molecule has 1 aliphatic rings. The normalized spacial score (nSPS) is 24.9. The molecule has 1 aromatic rings. The van der Waals surface area contributed by atoms with Gasteiger partial charge in [-0.25, -0.2) is 0 Å². The third-order valence-corrected chi connectivity index (χ3v) is 3.86. The second kappa shape index (κ2) is 6.55. The molecule has 2 heterocycles. The summed E-state index contributed by atoms with van der Waals surface area (Å²) in [5.41, 5.74) is 8.36. The van der Waals surface area contributed by atoms with Gasteiger partial charge in [-0.3, -0.25) is 9.58 Å². The van der Waals surface area contributed by atoms with Gasteiger partial charge in [-0.05, 0) is 32.2 Å². The average molecular weight is 273 g/mol. The van der Waals surface area contributed by atoms with Gasteiger partial charge in [-0.2, -0.15) is 5.10 Å². The number of aryl methyl sites for hydroxylation is 2. The predicted molar refractivity (Wildman–Crippen MR) is 76.8 cm³/mol. The van der Waals surface area contributed by atoms with Crippen LogP contribution in [0.1, 0.15) is 31.0 Å². The Morgan fingerprint density at radius 1 is 1.50 bits per heavy atom. The van der Waals surface area contributed by atoms with Crippen LogP contribution >= 0.6 is 12.4 Å². The first-order valence-corrected chi connectivity index (χ1v) is 6.53. The molecule has 1 saturated heterocycles. The molecule has 18 heavy (non-hydrogen) atoms. The summed E-state index contributed by atoms with van der Waals surface area (Å²) in [5.74, 6) is 0.815. The van der Waals surface area contributed by atoms with E-state index in [0.29, 0.717) is 6.04 Å². The lowest BCUT2D eigenvalue weighted by atomic mass is 9.92.